The number of carbonyl (C=O) groups excluding carboxylic acids is 1. The maximum atomic E-state index is 12.2. The van der Waals surface area contributed by atoms with E-state index in [0.717, 1.165) is 10.0 Å². The first-order valence-electron chi connectivity index (χ1n) is 7.80. The zero-order chi connectivity index (χ0) is 18.5. The van der Waals surface area contributed by atoms with Crippen LogP contribution in [0.3, 0.4) is 0 Å². The van der Waals surface area contributed by atoms with Crippen molar-refractivity contribution in [3.63, 3.8) is 0 Å². The maximum absolute atomic E-state index is 12.2. The molecule has 0 bridgehead atoms. The summed E-state index contributed by atoms with van der Waals surface area (Å²) in [7, 11) is 0. The fourth-order valence-corrected chi connectivity index (χ4v) is 2.51. The third-order valence-electron chi connectivity index (χ3n) is 3.48. The Morgan fingerprint density at radius 2 is 1.92 bits per heavy atom. The zero-order valence-corrected chi connectivity index (χ0v) is 16.1. The van der Waals surface area contributed by atoms with Crippen LogP contribution in [0.1, 0.15) is 12.8 Å². The van der Waals surface area contributed by atoms with Crippen molar-refractivity contribution in [3.05, 3.63) is 63.9 Å². The highest BCUT2D eigenvalue weighted by molar-refractivity contribution is 9.10. The average Bonchev–Trinajstić information content (AvgIpc) is 3.11. The Labute approximate surface area is 163 Å². The molecule has 8 heteroatoms. The number of nitrogens with one attached hydrogen (secondary N) is 1. The standard InChI is InChI=1S/C18H15BrClN3O3/c1-11(25-15-8-4-13(19)5-9-15)18(24)21-10-16-22-17(23-26-16)12-2-6-14(20)7-3-12/h2-9,11H,10H2,1H3,(H,21,24). The van der Waals surface area contributed by atoms with Gasteiger partial charge in [-0.1, -0.05) is 32.7 Å². The normalized spacial score (nSPS) is 11.8. The number of amides is 1. The maximum Gasteiger partial charge on any atom is 0.261 e. The van der Waals surface area contributed by atoms with E-state index in [1.54, 1.807) is 43.3 Å². The van der Waals surface area contributed by atoms with E-state index in [-0.39, 0.29) is 12.5 Å². The van der Waals surface area contributed by atoms with Gasteiger partial charge >= 0.3 is 0 Å². The van der Waals surface area contributed by atoms with Crippen molar-refractivity contribution in [1.82, 2.24) is 15.5 Å². The van der Waals surface area contributed by atoms with Crippen LogP contribution >= 0.6 is 27.5 Å². The number of hydrogen-bond acceptors (Lipinski definition) is 5. The third-order valence-corrected chi connectivity index (χ3v) is 4.26. The fourth-order valence-electron chi connectivity index (χ4n) is 2.12. The van der Waals surface area contributed by atoms with Gasteiger partial charge in [0.05, 0.1) is 6.54 Å². The van der Waals surface area contributed by atoms with Crippen LogP contribution in [0.5, 0.6) is 5.75 Å². The van der Waals surface area contributed by atoms with Gasteiger partial charge in [0.1, 0.15) is 5.75 Å². The summed E-state index contributed by atoms with van der Waals surface area (Å²) < 4.78 is 11.7. The molecule has 3 aromatic rings. The first-order valence-corrected chi connectivity index (χ1v) is 8.97. The van der Waals surface area contributed by atoms with Crippen LogP contribution in [0.25, 0.3) is 11.4 Å². The number of benzene rings is 2. The van der Waals surface area contributed by atoms with Gasteiger partial charge in [-0.15, -0.1) is 0 Å². The second-order valence-corrected chi connectivity index (χ2v) is 6.80. The highest BCUT2D eigenvalue weighted by Gasteiger charge is 2.16. The molecule has 1 heterocycles. The van der Waals surface area contributed by atoms with Crippen LogP contribution < -0.4 is 10.1 Å². The molecule has 0 aliphatic carbocycles. The summed E-state index contributed by atoms with van der Waals surface area (Å²) in [5.74, 6) is 1.07. The van der Waals surface area contributed by atoms with Crippen molar-refractivity contribution in [2.45, 2.75) is 19.6 Å². The third kappa shape index (κ3) is 4.83. The molecule has 26 heavy (non-hydrogen) atoms. The molecule has 2 aromatic carbocycles. The number of nitrogens with zero attached hydrogens (tertiary/aromatic N) is 2. The second kappa shape index (κ2) is 8.33. The molecule has 134 valence electrons. The molecular formula is C18H15BrClN3O3. The highest BCUT2D eigenvalue weighted by atomic mass is 79.9. The first kappa shape index (κ1) is 18.4. The average molecular weight is 437 g/mol. The lowest BCUT2D eigenvalue weighted by atomic mass is 10.2. The predicted molar refractivity (Wildman–Crippen MR) is 101 cm³/mol. The summed E-state index contributed by atoms with van der Waals surface area (Å²) in [4.78, 5) is 16.4. The topological polar surface area (TPSA) is 77.2 Å². The van der Waals surface area contributed by atoms with Gasteiger partial charge in [-0.25, -0.2) is 0 Å². The Kier molecular flexibility index (Phi) is 5.90. The molecule has 0 saturated carbocycles. The largest absolute Gasteiger partial charge is 0.481 e. The molecule has 0 saturated heterocycles. The Balaban J connectivity index is 1.54. The quantitative estimate of drug-likeness (QED) is 0.625. The predicted octanol–water partition coefficient (Wildman–Crippen LogP) is 4.24. The van der Waals surface area contributed by atoms with Crippen molar-refractivity contribution in [2.75, 3.05) is 0 Å². The molecular weight excluding hydrogens is 422 g/mol. The number of halogens is 2. The van der Waals surface area contributed by atoms with Gasteiger partial charge in [0, 0.05) is 15.1 Å². The summed E-state index contributed by atoms with van der Waals surface area (Å²) in [5, 5.41) is 7.24. The van der Waals surface area contributed by atoms with Crippen molar-refractivity contribution >= 4 is 33.4 Å². The molecule has 3 rings (SSSR count). The molecule has 6 nitrogen and oxygen atoms in total. The van der Waals surface area contributed by atoms with E-state index >= 15 is 0 Å². The number of rotatable bonds is 6. The van der Waals surface area contributed by atoms with Gasteiger partial charge in [0.2, 0.25) is 11.7 Å². The van der Waals surface area contributed by atoms with E-state index in [0.29, 0.717) is 22.5 Å². The van der Waals surface area contributed by atoms with E-state index in [2.05, 4.69) is 31.4 Å². The minimum atomic E-state index is -0.658. The van der Waals surface area contributed by atoms with Crippen LogP contribution in [0.4, 0.5) is 0 Å². The molecule has 1 N–H and O–H groups in total. The van der Waals surface area contributed by atoms with Crippen LogP contribution in [0.15, 0.2) is 57.5 Å². The molecule has 1 unspecified atom stereocenters. The van der Waals surface area contributed by atoms with E-state index in [1.807, 2.05) is 12.1 Å². The van der Waals surface area contributed by atoms with Crippen LogP contribution in [0, 0.1) is 0 Å². The van der Waals surface area contributed by atoms with Crippen LogP contribution in [-0.2, 0) is 11.3 Å². The van der Waals surface area contributed by atoms with Gasteiger partial charge in [-0.3, -0.25) is 4.79 Å². The highest BCUT2D eigenvalue weighted by Crippen LogP contribution is 2.19. The number of carbonyl (C=O) groups is 1. The first-order chi connectivity index (χ1) is 12.5. The van der Waals surface area contributed by atoms with Gasteiger partial charge in [-0.05, 0) is 55.5 Å². The lowest BCUT2D eigenvalue weighted by Crippen LogP contribution is -2.35. The lowest BCUT2D eigenvalue weighted by Gasteiger charge is -2.13. The smallest absolute Gasteiger partial charge is 0.261 e. The molecule has 1 aromatic heterocycles. The zero-order valence-electron chi connectivity index (χ0n) is 13.8. The van der Waals surface area contributed by atoms with Gasteiger partial charge in [0.25, 0.3) is 5.91 Å². The second-order valence-electron chi connectivity index (χ2n) is 5.45. The van der Waals surface area contributed by atoms with Crippen molar-refractivity contribution < 1.29 is 14.1 Å². The van der Waals surface area contributed by atoms with E-state index in [9.17, 15) is 4.79 Å². The Bertz CT molecular complexity index is 881. The monoisotopic (exact) mass is 435 g/mol. The van der Waals surface area contributed by atoms with Crippen LogP contribution in [0.2, 0.25) is 5.02 Å². The van der Waals surface area contributed by atoms with Crippen molar-refractivity contribution in [2.24, 2.45) is 0 Å². The Morgan fingerprint density at radius 1 is 1.23 bits per heavy atom. The van der Waals surface area contributed by atoms with Gasteiger partial charge in [-0.2, -0.15) is 4.98 Å². The molecule has 0 aliphatic heterocycles. The molecule has 0 radical (unpaired) electrons. The summed E-state index contributed by atoms with van der Waals surface area (Å²) in [5.41, 5.74) is 0.780. The van der Waals surface area contributed by atoms with Crippen molar-refractivity contribution in [3.8, 4) is 17.1 Å². The molecule has 0 fully saturated rings. The SMILES string of the molecule is CC(Oc1ccc(Br)cc1)C(=O)NCc1nc(-c2ccc(Cl)cc2)no1. The molecule has 1 atom stereocenters. The van der Waals surface area contributed by atoms with Crippen LogP contribution in [-0.4, -0.2) is 22.2 Å². The number of aromatic nitrogens is 2. The molecule has 1 amide bonds. The number of ether oxygens (including phenoxy) is 1. The van der Waals surface area contributed by atoms with Crippen molar-refractivity contribution in [1.29, 1.82) is 0 Å². The summed E-state index contributed by atoms with van der Waals surface area (Å²) >= 11 is 9.21. The fraction of sp³-hybridized carbons (Fsp3) is 0.167. The number of hydrogen-bond donors (Lipinski definition) is 1. The van der Waals surface area contributed by atoms with Gasteiger partial charge < -0.3 is 14.6 Å². The Hall–Kier alpha value is -2.38. The minimum absolute atomic E-state index is 0.119. The summed E-state index contributed by atoms with van der Waals surface area (Å²) in [6.45, 7) is 1.79. The Morgan fingerprint density at radius 3 is 2.62 bits per heavy atom. The molecule has 0 spiro atoms. The minimum Gasteiger partial charge on any atom is -0.481 e. The lowest BCUT2D eigenvalue weighted by molar-refractivity contribution is -0.127. The van der Waals surface area contributed by atoms with E-state index in [1.165, 1.54) is 0 Å². The van der Waals surface area contributed by atoms with E-state index in [4.69, 9.17) is 20.9 Å². The summed E-state index contributed by atoms with van der Waals surface area (Å²) in [6, 6.07) is 14.3. The summed E-state index contributed by atoms with van der Waals surface area (Å²) in [6.07, 6.45) is -0.658. The van der Waals surface area contributed by atoms with E-state index < -0.39 is 6.10 Å². The molecule has 0 aliphatic rings. The van der Waals surface area contributed by atoms with Gasteiger partial charge in [0.15, 0.2) is 6.10 Å².